The second-order valence-corrected chi connectivity index (χ2v) is 5.77. The molecule has 1 fully saturated rings. The van der Waals surface area contributed by atoms with E-state index in [9.17, 15) is 4.79 Å². The average molecular weight is 212 g/mol. The molecule has 1 aliphatic heterocycles. The molecule has 1 heterocycles. The van der Waals surface area contributed by atoms with E-state index in [-0.39, 0.29) is 11.0 Å². The van der Waals surface area contributed by atoms with Crippen molar-refractivity contribution in [1.29, 1.82) is 0 Å². The number of nitrogens with zero attached hydrogens (tertiary/aromatic N) is 1. The Morgan fingerprint density at radius 3 is 2.53 bits per heavy atom. The molecule has 0 unspecified atom stereocenters. The quantitative estimate of drug-likeness (QED) is 0.754. The smallest absolute Gasteiger partial charge is 0.228 e. The molecular weight excluding hydrogens is 188 g/mol. The maximum atomic E-state index is 12.2. The molecule has 0 spiro atoms. The van der Waals surface area contributed by atoms with E-state index in [1.807, 2.05) is 18.7 Å². The van der Waals surface area contributed by atoms with Crippen LogP contribution in [0.4, 0.5) is 0 Å². The van der Waals surface area contributed by atoms with Gasteiger partial charge in [-0.1, -0.05) is 20.8 Å². The van der Waals surface area contributed by atoms with E-state index < -0.39 is 0 Å². The molecule has 1 amide bonds. The van der Waals surface area contributed by atoms with Gasteiger partial charge in [-0.05, 0) is 20.3 Å². The maximum absolute atomic E-state index is 12.2. The minimum atomic E-state index is -0.215. The van der Waals surface area contributed by atoms with E-state index in [4.69, 9.17) is 0 Å². The minimum Gasteiger partial charge on any atom is -0.339 e. The van der Waals surface area contributed by atoms with Crippen LogP contribution in [0.3, 0.4) is 0 Å². The Balaban J connectivity index is 2.68. The van der Waals surface area contributed by atoms with E-state index >= 15 is 0 Å². The standard InChI is InChI=1S/C12H24N2O/c1-6-11(2,3)10(15)14-8-7-13-12(4,5)9-14/h13H,6-9H2,1-5H3. The average Bonchev–Trinajstić information content (AvgIpc) is 2.15. The summed E-state index contributed by atoms with van der Waals surface area (Å²) in [6.45, 7) is 13.0. The third kappa shape index (κ3) is 2.94. The van der Waals surface area contributed by atoms with Gasteiger partial charge in [0.1, 0.15) is 0 Å². The van der Waals surface area contributed by atoms with Gasteiger partial charge in [-0.15, -0.1) is 0 Å². The summed E-state index contributed by atoms with van der Waals surface area (Å²) in [5, 5.41) is 3.42. The largest absolute Gasteiger partial charge is 0.339 e. The van der Waals surface area contributed by atoms with Crippen LogP contribution in [-0.2, 0) is 4.79 Å². The Labute approximate surface area is 93.2 Å². The SMILES string of the molecule is CCC(C)(C)C(=O)N1CCNC(C)(C)C1. The zero-order chi connectivity index (χ0) is 11.7. The van der Waals surface area contributed by atoms with Crippen molar-refractivity contribution in [3.05, 3.63) is 0 Å². The third-order valence-corrected chi connectivity index (χ3v) is 3.32. The van der Waals surface area contributed by atoms with Gasteiger partial charge in [-0.2, -0.15) is 0 Å². The van der Waals surface area contributed by atoms with Gasteiger partial charge in [0.2, 0.25) is 5.91 Å². The maximum Gasteiger partial charge on any atom is 0.228 e. The highest BCUT2D eigenvalue weighted by molar-refractivity contribution is 5.82. The number of rotatable bonds is 2. The van der Waals surface area contributed by atoms with E-state index in [1.54, 1.807) is 0 Å². The van der Waals surface area contributed by atoms with E-state index in [0.717, 1.165) is 26.1 Å². The van der Waals surface area contributed by atoms with Crippen molar-refractivity contribution in [2.75, 3.05) is 19.6 Å². The molecule has 0 radical (unpaired) electrons. The molecule has 1 saturated heterocycles. The molecule has 0 aromatic heterocycles. The molecule has 0 saturated carbocycles. The number of piperazine rings is 1. The molecule has 1 rings (SSSR count). The molecule has 15 heavy (non-hydrogen) atoms. The first-order chi connectivity index (χ1) is 6.78. The lowest BCUT2D eigenvalue weighted by Crippen LogP contribution is -2.60. The Kier molecular flexibility index (Phi) is 3.44. The number of amides is 1. The second kappa shape index (κ2) is 4.12. The molecule has 1 N–H and O–H groups in total. The molecule has 88 valence electrons. The first-order valence-electron chi connectivity index (χ1n) is 5.83. The van der Waals surface area contributed by atoms with Crippen LogP contribution in [0, 0.1) is 5.41 Å². The van der Waals surface area contributed by atoms with E-state index in [0.29, 0.717) is 5.91 Å². The molecule has 0 atom stereocenters. The van der Waals surface area contributed by atoms with E-state index in [2.05, 4.69) is 26.1 Å². The fourth-order valence-corrected chi connectivity index (χ4v) is 1.89. The van der Waals surface area contributed by atoms with Crippen LogP contribution in [0.15, 0.2) is 0 Å². The van der Waals surface area contributed by atoms with Crippen LogP contribution in [0.5, 0.6) is 0 Å². The zero-order valence-electron chi connectivity index (χ0n) is 10.7. The molecular formula is C12H24N2O. The molecule has 3 nitrogen and oxygen atoms in total. The van der Waals surface area contributed by atoms with Gasteiger partial charge in [0.15, 0.2) is 0 Å². The number of carbonyl (C=O) groups is 1. The van der Waals surface area contributed by atoms with Gasteiger partial charge in [-0.3, -0.25) is 4.79 Å². The van der Waals surface area contributed by atoms with Crippen LogP contribution in [0.25, 0.3) is 0 Å². The Morgan fingerprint density at radius 2 is 2.07 bits per heavy atom. The topological polar surface area (TPSA) is 32.3 Å². The fraction of sp³-hybridized carbons (Fsp3) is 0.917. The van der Waals surface area contributed by atoms with Crippen molar-refractivity contribution in [3.63, 3.8) is 0 Å². The van der Waals surface area contributed by atoms with Crippen molar-refractivity contribution in [2.24, 2.45) is 5.41 Å². The first kappa shape index (κ1) is 12.5. The van der Waals surface area contributed by atoms with Gasteiger partial charge >= 0.3 is 0 Å². The minimum absolute atomic E-state index is 0.0533. The highest BCUT2D eigenvalue weighted by Crippen LogP contribution is 2.24. The number of nitrogens with one attached hydrogen (secondary N) is 1. The van der Waals surface area contributed by atoms with Gasteiger partial charge < -0.3 is 10.2 Å². The summed E-state index contributed by atoms with van der Waals surface area (Å²) in [5.74, 6) is 0.291. The summed E-state index contributed by atoms with van der Waals surface area (Å²) < 4.78 is 0. The molecule has 0 aromatic rings. The second-order valence-electron chi connectivity index (χ2n) is 5.77. The molecule has 1 aliphatic rings. The number of carbonyl (C=O) groups excluding carboxylic acids is 1. The van der Waals surface area contributed by atoms with Gasteiger partial charge in [0.25, 0.3) is 0 Å². The first-order valence-corrected chi connectivity index (χ1v) is 5.83. The Bertz CT molecular complexity index is 246. The van der Waals surface area contributed by atoms with Gasteiger partial charge in [0.05, 0.1) is 0 Å². The van der Waals surface area contributed by atoms with Gasteiger partial charge in [0, 0.05) is 30.6 Å². The van der Waals surface area contributed by atoms with Crippen LogP contribution in [-0.4, -0.2) is 36.0 Å². The van der Waals surface area contributed by atoms with Crippen LogP contribution < -0.4 is 5.32 Å². The van der Waals surface area contributed by atoms with Crippen molar-refractivity contribution in [2.45, 2.75) is 46.6 Å². The van der Waals surface area contributed by atoms with Crippen LogP contribution in [0.2, 0.25) is 0 Å². The summed E-state index contributed by atoms with van der Waals surface area (Å²) in [5.41, 5.74) is -0.162. The summed E-state index contributed by atoms with van der Waals surface area (Å²) in [6.07, 6.45) is 0.899. The molecule has 0 aromatic carbocycles. The normalized spacial score (nSPS) is 21.5. The lowest BCUT2D eigenvalue weighted by atomic mass is 9.87. The highest BCUT2D eigenvalue weighted by atomic mass is 16.2. The van der Waals surface area contributed by atoms with Crippen molar-refractivity contribution >= 4 is 5.91 Å². The van der Waals surface area contributed by atoms with Crippen molar-refractivity contribution in [1.82, 2.24) is 10.2 Å². The Morgan fingerprint density at radius 1 is 1.47 bits per heavy atom. The van der Waals surface area contributed by atoms with E-state index in [1.165, 1.54) is 0 Å². The monoisotopic (exact) mass is 212 g/mol. The molecule has 3 heteroatoms. The fourth-order valence-electron chi connectivity index (χ4n) is 1.89. The molecule has 0 aliphatic carbocycles. The van der Waals surface area contributed by atoms with Crippen molar-refractivity contribution < 1.29 is 4.79 Å². The molecule has 0 bridgehead atoms. The third-order valence-electron chi connectivity index (χ3n) is 3.32. The summed E-state index contributed by atoms with van der Waals surface area (Å²) in [4.78, 5) is 14.2. The highest BCUT2D eigenvalue weighted by Gasteiger charge is 2.35. The lowest BCUT2D eigenvalue weighted by molar-refractivity contribution is -0.142. The predicted octanol–water partition coefficient (Wildman–Crippen LogP) is 1.63. The van der Waals surface area contributed by atoms with Crippen LogP contribution in [0.1, 0.15) is 41.0 Å². The number of hydrogen-bond acceptors (Lipinski definition) is 2. The summed E-state index contributed by atoms with van der Waals surface area (Å²) in [6, 6.07) is 0. The summed E-state index contributed by atoms with van der Waals surface area (Å²) >= 11 is 0. The predicted molar refractivity (Wildman–Crippen MR) is 62.7 cm³/mol. The van der Waals surface area contributed by atoms with Crippen molar-refractivity contribution in [3.8, 4) is 0 Å². The Hall–Kier alpha value is -0.570. The lowest BCUT2D eigenvalue weighted by Gasteiger charge is -2.42. The number of hydrogen-bond donors (Lipinski definition) is 1. The summed E-state index contributed by atoms with van der Waals surface area (Å²) in [7, 11) is 0. The zero-order valence-corrected chi connectivity index (χ0v) is 10.7. The van der Waals surface area contributed by atoms with Crippen LogP contribution >= 0.6 is 0 Å². The van der Waals surface area contributed by atoms with Gasteiger partial charge in [-0.25, -0.2) is 0 Å².